The van der Waals surface area contributed by atoms with Crippen LogP contribution in [0.25, 0.3) is 10.8 Å². The fourth-order valence-electron chi connectivity index (χ4n) is 2.11. The van der Waals surface area contributed by atoms with Gasteiger partial charge in [0.05, 0.1) is 0 Å². The van der Waals surface area contributed by atoms with Crippen molar-refractivity contribution in [3.63, 3.8) is 0 Å². The molecule has 0 aliphatic carbocycles. The van der Waals surface area contributed by atoms with Crippen LogP contribution in [0.2, 0.25) is 0 Å². The number of piperazine rings is 1. The lowest BCUT2D eigenvalue weighted by Crippen LogP contribution is -2.45. The van der Waals surface area contributed by atoms with Gasteiger partial charge in [0.1, 0.15) is 5.75 Å². The molecular formula is C14H16N2O. The molecule has 17 heavy (non-hydrogen) atoms. The predicted molar refractivity (Wildman–Crippen MR) is 69.0 cm³/mol. The van der Waals surface area contributed by atoms with Crippen molar-refractivity contribution in [1.82, 2.24) is 10.4 Å². The Labute approximate surface area is 101 Å². The van der Waals surface area contributed by atoms with Gasteiger partial charge in [0, 0.05) is 26.2 Å². The smallest absolute Gasteiger partial charge is 0.148 e. The van der Waals surface area contributed by atoms with Crippen LogP contribution in [-0.4, -0.2) is 31.2 Å². The van der Waals surface area contributed by atoms with E-state index < -0.39 is 0 Å². The van der Waals surface area contributed by atoms with Gasteiger partial charge in [0.15, 0.2) is 0 Å². The van der Waals surface area contributed by atoms with Crippen LogP contribution in [0.1, 0.15) is 0 Å². The van der Waals surface area contributed by atoms with E-state index in [2.05, 4.69) is 41.7 Å². The molecule has 3 heteroatoms. The van der Waals surface area contributed by atoms with E-state index in [1.165, 1.54) is 10.8 Å². The number of rotatable bonds is 2. The summed E-state index contributed by atoms with van der Waals surface area (Å²) >= 11 is 0. The van der Waals surface area contributed by atoms with Crippen molar-refractivity contribution >= 4 is 10.8 Å². The molecule has 2 aromatic rings. The lowest BCUT2D eigenvalue weighted by Gasteiger charge is -2.26. The highest BCUT2D eigenvalue weighted by molar-refractivity contribution is 5.83. The van der Waals surface area contributed by atoms with Crippen LogP contribution in [0.5, 0.6) is 5.75 Å². The summed E-state index contributed by atoms with van der Waals surface area (Å²) in [6, 6.07) is 14.6. The molecule has 1 fully saturated rings. The third-order valence-corrected chi connectivity index (χ3v) is 3.03. The first kappa shape index (κ1) is 10.6. The molecule has 1 aliphatic rings. The van der Waals surface area contributed by atoms with Crippen molar-refractivity contribution < 1.29 is 4.84 Å². The second-order valence-electron chi connectivity index (χ2n) is 4.28. The van der Waals surface area contributed by atoms with Gasteiger partial charge in [-0.3, -0.25) is 0 Å². The highest BCUT2D eigenvalue weighted by Crippen LogP contribution is 2.21. The number of hydrogen-bond acceptors (Lipinski definition) is 3. The lowest BCUT2D eigenvalue weighted by molar-refractivity contribution is -0.0663. The molecule has 88 valence electrons. The SMILES string of the molecule is c1ccc2cc(ON3CCNCC3)ccc2c1. The molecule has 0 bridgehead atoms. The molecule has 0 spiro atoms. The van der Waals surface area contributed by atoms with E-state index in [4.69, 9.17) is 4.84 Å². The standard InChI is InChI=1S/C14H16N2O/c1-2-4-13-11-14(6-5-12(13)3-1)17-16-9-7-15-8-10-16/h1-6,11,15H,7-10H2. The highest BCUT2D eigenvalue weighted by atomic mass is 16.7. The molecule has 1 N–H and O–H groups in total. The average molecular weight is 228 g/mol. The van der Waals surface area contributed by atoms with Crippen molar-refractivity contribution in [3.05, 3.63) is 42.5 Å². The fraction of sp³-hybridized carbons (Fsp3) is 0.286. The largest absolute Gasteiger partial charge is 0.406 e. The van der Waals surface area contributed by atoms with Crippen LogP contribution in [0.3, 0.4) is 0 Å². The minimum atomic E-state index is 0.922. The molecule has 1 saturated heterocycles. The molecule has 0 unspecified atom stereocenters. The molecule has 0 saturated carbocycles. The van der Waals surface area contributed by atoms with E-state index in [1.54, 1.807) is 0 Å². The predicted octanol–water partition coefficient (Wildman–Crippen LogP) is 2.04. The Hall–Kier alpha value is -1.58. The fourth-order valence-corrected chi connectivity index (χ4v) is 2.11. The minimum Gasteiger partial charge on any atom is -0.406 e. The van der Waals surface area contributed by atoms with E-state index in [0.717, 1.165) is 31.9 Å². The Morgan fingerprint density at radius 1 is 0.941 bits per heavy atom. The molecule has 2 aromatic carbocycles. The number of benzene rings is 2. The Bertz CT molecular complexity index is 506. The van der Waals surface area contributed by atoms with E-state index >= 15 is 0 Å². The van der Waals surface area contributed by atoms with Gasteiger partial charge in [0.25, 0.3) is 0 Å². The summed E-state index contributed by atoms with van der Waals surface area (Å²) < 4.78 is 0. The quantitative estimate of drug-likeness (QED) is 0.851. The highest BCUT2D eigenvalue weighted by Gasteiger charge is 2.10. The number of nitrogens with zero attached hydrogens (tertiary/aromatic N) is 1. The van der Waals surface area contributed by atoms with Crippen molar-refractivity contribution in [2.75, 3.05) is 26.2 Å². The van der Waals surface area contributed by atoms with E-state index in [0.29, 0.717) is 0 Å². The van der Waals surface area contributed by atoms with E-state index in [-0.39, 0.29) is 0 Å². The van der Waals surface area contributed by atoms with Gasteiger partial charge in [-0.05, 0) is 22.9 Å². The molecular weight excluding hydrogens is 212 g/mol. The zero-order chi connectivity index (χ0) is 11.5. The molecule has 1 aliphatic heterocycles. The van der Waals surface area contributed by atoms with Crippen LogP contribution < -0.4 is 10.2 Å². The molecule has 3 rings (SSSR count). The first-order chi connectivity index (χ1) is 8.42. The second kappa shape index (κ2) is 4.73. The van der Waals surface area contributed by atoms with Crippen molar-refractivity contribution in [2.24, 2.45) is 0 Å². The topological polar surface area (TPSA) is 24.5 Å². The minimum absolute atomic E-state index is 0.922. The van der Waals surface area contributed by atoms with Crippen LogP contribution in [0, 0.1) is 0 Å². The number of nitrogens with one attached hydrogen (secondary N) is 1. The summed E-state index contributed by atoms with van der Waals surface area (Å²) in [6.07, 6.45) is 0. The Morgan fingerprint density at radius 3 is 2.53 bits per heavy atom. The van der Waals surface area contributed by atoms with Crippen LogP contribution in [-0.2, 0) is 0 Å². The maximum absolute atomic E-state index is 5.86. The van der Waals surface area contributed by atoms with Gasteiger partial charge in [-0.1, -0.05) is 30.3 Å². The van der Waals surface area contributed by atoms with Gasteiger partial charge in [0.2, 0.25) is 0 Å². The summed E-state index contributed by atoms with van der Waals surface area (Å²) in [5, 5.41) is 7.80. The maximum Gasteiger partial charge on any atom is 0.148 e. The van der Waals surface area contributed by atoms with Crippen molar-refractivity contribution in [3.8, 4) is 5.75 Å². The third-order valence-electron chi connectivity index (χ3n) is 3.03. The molecule has 3 nitrogen and oxygen atoms in total. The van der Waals surface area contributed by atoms with Crippen LogP contribution >= 0.6 is 0 Å². The Balaban J connectivity index is 1.80. The first-order valence-corrected chi connectivity index (χ1v) is 6.04. The van der Waals surface area contributed by atoms with Gasteiger partial charge in [-0.25, -0.2) is 0 Å². The van der Waals surface area contributed by atoms with E-state index in [1.807, 2.05) is 11.1 Å². The van der Waals surface area contributed by atoms with Crippen molar-refractivity contribution in [2.45, 2.75) is 0 Å². The molecule has 0 atom stereocenters. The number of hydroxylamine groups is 2. The van der Waals surface area contributed by atoms with Gasteiger partial charge in [-0.2, -0.15) is 0 Å². The van der Waals surface area contributed by atoms with Gasteiger partial charge in [-0.15, -0.1) is 5.06 Å². The Morgan fingerprint density at radius 2 is 1.71 bits per heavy atom. The van der Waals surface area contributed by atoms with Crippen molar-refractivity contribution in [1.29, 1.82) is 0 Å². The summed E-state index contributed by atoms with van der Waals surface area (Å²) in [7, 11) is 0. The lowest BCUT2D eigenvalue weighted by atomic mass is 10.1. The van der Waals surface area contributed by atoms with Crippen LogP contribution in [0.15, 0.2) is 42.5 Å². The zero-order valence-electron chi connectivity index (χ0n) is 9.73. The number of fused-ring (bicyclic) bond motifs is 1. The second-order valence-corrected chi connectivity index (χ2v) is 4.28. The summed E-state index contributed by atoms with van der Waals surface area (Å²) in [4.78, 5) is 5.86. The van der Waals surface area contributed by atoms with Crippen LogP contribution in [0.4, 0.5) is 0 Å². The molecule has 1 heterocycles. The maximum atomic E-state index is 5.86. The summed E-state index contributed by atoms with van der Waals surface area (Å²) in [5.74, 6) is 0.922. The first-order valence-electron chi connectivity index (χ1n) is 6.04. The average Bonchev–Trinajstić information content (AvgIpc) is 2.40. The monoisotopic (exact) mass is 228 g/mol. The molecule has 0 radical (unpaired) electrons. The van der Waals surface area contributed by atoms with Gasteiger partial charge < -0.3 is 10.2 Å². The summed E-state index contributed by atoms with van der Waals surface area (Å²) in [6.45, 7) is 3.86. The summed E-state index contributed by atoms with van der Waals surface area (Å²) in [5.41, 5.74) is 0. The molecule has 0 amide bonds. The van der Waals surface area contributed by atoms with E-state index in [9.17, 15) is 0 Å². The zero-order valence-corrected chi connectivity index (χ0v) is 9.73. The Kier molecular flexibility index (Phi) is 2.94. The normalized spacial score (nSPS) is 17.2. The van der Waals surface area contributed by atoms with Gasteiger partial charge >= 0.3 is 0 Å². The molecule has 0 aromatic heterocycles. The third kappa shape index (κ3) is 2.40. The number of hydrogen-bond donors (Lipinski definition) is 1.